The lowest BCUT2D eigenvalue weighted by atomic mass is 9.85. The third-order valence-corrected chi connectivity index (χ3v) is 11.4. The van der Waals surface area contributed by atoms with Gasteiger partial charge in [0.15, 0.2) is 0 Å². The highest BCUT2D eigenvalue weighted by molar-refractivity contribution is 7.85. The fourth-order valence-electron chi connectivity index (χ4n) is 6.29. The van der Waals surface area contributed by atoms with Crippen molar-refractivity contribution in [3.8, 4) is 10.4 Å². The topological polar surface area (TPSA) is 212 Å². The number of rotatable bonds is 24. The molecule has 16 nitrogen and oxygen atoms in total. The first-order valence-corrected chi connectivity index (χ1v) is 21.9. The highest BCUT2D eigenvalue weighted by Crippen LogP contribution is 2.28. The van der Waals surface area contributed by atoms with Crippen molar-refractivity contribution in [1.29, 1.82) is 0 Å². The van der Waals surface area contributed by atoms with Gasteiger partial charge < -0.3 is 44.3 Å². The van der Waals surface area contributed by atoms with Gasteiger partial charge in [0.1, 0.15) is 18.7 Å². The number of β-amino-alcohol motifs (C(OH)–C–C–N with tert-alkyl or cyclic N) is 1. The lowest BCUT2D eigenvalue weighted by Gasteiger charge is -2.35. The summed E-state index contributed by atoms with van der Waals surface area (Å²) in [6.07, 6.45) is -0.287. The molecule has 3 aromatic rings. The molecule has 326 valence electrons. The first-order chi connectivity index (χ1) is 28.0. The van der Waals surface area contributed by atoms with Crippen molar-refractivity contribution in [3.05, 3.63) is 70.4 Å². The van der Waals surface area contributed by atoms with Gasteiger partial charge in [-0.15, -0.1) is 11.3 Å². The maximum absolute atomic E-state index is 13.8. The average molecular weight is 863 g/mol. The normalized spacial score (nSPS) is 16.3. The van der Waals surface area contributed by atoms with Gasteiger partial charge in [-0.2, -0.15) is 8.42 Å². The number of hydrogen-bond donors (Lipinski definition) is 4. The van der Waals surface area contributed by atoms with E-state index in [1.807, 2.05) is 58.9 Å². The minimum atomic E-state index is -4.25. The van der Waals surface area contributed by atoms with Gasteiger partial charge in [-0.05, 0) is 60.1 Å². The molecule has 4 N–H and O–H groups in total. The van der Waals surface area contributed by atoms with Crippen molar-refractivity contribution in [3.63, 3.8) is 0 Å². The number of aromatic nitrogens is 1. The van der Waals surface area contributed by atoms with Gasteiger partial charge in [0, 0.05) is 19.5 Å². The molecule has 1 unspecified atom stereocenters. The third-order valence-electron chi connectivity index (χ3n) is 9.57. The Kier molecular flexibility index (Phi) is 18.8. The van der Waals surface area contributed by atoms with E-state index < -0.39 is 45.5 Å². The van der Waals surface area contributed by atoms with Crippen LogP contribution in [-0.2, 0) is 61.2 Å². The summed E-state index contributed by atoms with van der Waals surface area (Å²) in [4.78, 5) is 46.7. The Labute approximate surface area is 350 Å². The Morgan fingerprint density at radius 2 is 1.49 bits per heavy atom. The number of amides is 3. The second-order valence-electron chi connectivity index (χ2n) is 15.3. The summed E-state index contributed by atoms with van der Waals surface area (Å²) in [6.45, 7) is 12.0. The summed E-state index contributed by atoms with van der Waals surface area (Å²) < 4.78 is 59.5. The number of hydrogen-bond acceptors (Lipinski definition) is 13. The van der Waals surface area contributed by atoms with Crippen LogP contribution in [0.15, 0.2) is 52.9 Å². The van der Waals surface area contributed by atoms with Crippen molar-refractivity contribution in [2.24, 2.45) is 5.41 Å². The Hall–Kier alpha value is -3.85. The molecule has 2 heterocycles. The zero-order chi connectivity index (χ0) is 43.0. The van der Waals surface area contributed by atoms with E-state index in [-0.39, 0.29) is 50.1 Å². The zero-order valence-electron chi connectivity index (χ0n) is 34.4. The van der Waals surface area contributed by atoms with Gasteiger partial charge in [0.05, 0.1) is 86.5 Å². The van der Waals surface area contributed by atoms with Crippen molar-refractivity contribution in [2.75, 3.05) is 72.6 Å². The molecule has 1 aliphatic heterocycles. The summed E-state index contributed by atoms with van der Waals surface area (Å²) in [7, 11) is -4.25. The standard InChI is InChI=1S/C41H58N4O12S2/c1-28-6-11-34(59(50,51)52)22-32(28)12-13-53-14-15-54-16-17-55-18-19-56-20-21-57-26-36(47)44-38(41(3,4)5)40(49)45-25-33(46)23-35(45)39(48)42-24-30-7-9-31(10-8-30)37-29(2)43-27-58-37/h6-11,22,27,33,35,38,46H,12-21,23-26H2,1-5H3,(H,42,48)(H,44,47)(H,50,51,52)/t33-,35+,38?/m1/s1. The Bertz CT molecular complexity index is 1920. The number of likely N-dealkylation sites (tertiary alicyclic amines) is 1. The van der Waals surface area contributed by atoms with E-state index in [1.54, 1.807) is 22.9 Å². The second-order valence-corrected chi connectivity index (χ2v) is 17.5. The van der Waals surface area contributed by atoms with E-state index in [0.717, 1.165) is 32.8 Å². The number of ether oxygens (including phenoxy) is 5. The van der Waals surface area contributed by atoms with Crippen molar-refractivity contribution >= 4 is 39.2 Å². The van der Waals surface area contributed by atoms with Crippen LogP contribution in [0.3, 0.4) is 0 Å². The van der Waals surface area contributed by atoms with Crippen molar-refractivity contribution < 1.29 is 56.1 Å². The molecule has 1 fully saturated rings. The Morgan fingerprint density at radius 1 is 0.898 bits per heavy atom. The van der Waals surface area contributed by atoms with Crippen LogP contribution >= 0.6 is 11.3 Å². The minimum Gasteiger partial charge on any atom is -0.391 e. The zero-order valence-corrected chi connectivity index (χ0v) is 36.1. The largest absolute Gasteiger partial charge is 0.391 e. The fourth-order valence-corrected chi connectivity index (χ4v) is 7.63. The number of carbonyl (C=O) groups excluding carboxylic acids is 3. The lowest BCUT2D eigenvalue weighted by molar-refractivity contribution is -0.144. The molecule has 0 saturated carbocycles. The molecule has 2 aromatic carbocycles. The Balaban J connectivity index is 1.05. The highest BCUT2D eigenvalue weighted by Gasteiger charge is 2.44. The fraction of sp³-hybridized carbons (Fsp3) is 0.561. The van der Waals surface area contributed by atoms with Crippen molar-refractivity contribution in [1.82, 2.24) is 20.5 Å². The molecule has 4 rings (SSSR count). The molecule has 3 atom stereocenters. The average Bonchev–Trinajstić information content (AvgIpc) is 3.80. The SMILES string of the molecule is Cc1ccc(S(=O)(=O)O)cc1CCOCCOCCOCCOCCOCC(=O)NC(C(=O)N1C[C@H](O)C[C@H]1C(=O)NCc1ccc(-c2scnc2C)cc1)C(C)(C)C. The predicted molar refractivity (Wildman–Crippen MR) is 220 cm³/mol. The van der Waals surface area contributed by atoms with Gasteiger partial charge in [-0.3, -0.25) is 18.9 Å². The van der Waals surface area contributed by atoms with Gasteiger partial charge in [0.2, 0.25) is 17.7 Å². The van der Waals surface area contributed by atoms with Gasteiger partial charge >= 0.3 is 0 Å². The van der Waals surface area contributed by atoms with Crippen LogP contribution in [0.4, 0.5) is 0 Å². The molecule has 0 bridgehead atoms. The molecule has 18 heteroatoms. The lowest BCUT2D eigenvalue weighted by Crippen LogP contribution is -2.58. The maximum atomic E-state index is 13.8. The monoisotopic (exact) mass is 862 g/mol. The number of carbonyl (C=O) groups is 3. The molecular formula is C41H58N4O12S2. The smallest absolute Gasteiger partial charge is 0.294 e. The summed E-state index contributed by atoms with van der Waals surface area (Å²) in [5.74, 6) is -1.33. The van der Waals surface area contributed by atoms with Crippen LogP contribution in [0.1, 0.15) is 49.6 Å². The first kappa shape index (κ1) is 47.8. The number of aryl methyl sites for hydroxylation is 2. The van der Waals surface area contributed by atoms with Crippen LogP contribution < -0.4 is 10.6 Å². The van der Waals surface area contributed by atoms with E-state index in [9.17, 15) is 32.5 Å². The highest BCUT2D eigenvalue weighted by atomic mass is 32.2. The van der Waals surface area contributed by atoms with Crippen LogP contribution in [0, 0.1) is 19.3 Å². The first-order valence-electron chi connectivity index (χ1n) is 19.6. The third kappa shape index (κ3) is 15.6. The quantitative estimate of drug-likeness (QED) is 0.0755. The molecule has 0 radical (unpaired) electrons. The van der Waals surface area contributed by atoms with Crippen LogP contribution in [-0.4, -0.2) is 136 Å². The van der Waals surface area contributed by atoms with Crippen LogP contribution in [0.2, 0.25) is 0 Å². The summed E-state index contributed by atoms with van der Waals surface area (Å²) in [5, 5.41) is 16.2. The van der Waals surface area contributed by atoms with E-state index in [0.29, 0.717) is 52.7 Å². The minimum absolute atomic E-state index is 0.0227. The van der Waals surface area contributed by atoms with Crippen molar-refractivity contribution in [2.45, 2.75) is 77.1 Å². The van der Waals surface area contributed by atoms with Crippen LogP contribution in [0.25, 0.3) is 10.4 Å². The maximum Gasteiger partial charge on any atom is 0.294 e. The van der Waals surface area contributed by atoms with E-state index in [1.165, 1.54) is 17.0 Å². The van der Waals surface area contributed by atoms with E-state index in [4.69, 9.17) is 23.7 Å². The number of thiazole rings is 1. The van der Waals surface area contributed by atoms with E-state index >= 15 is 0 Å². The van der Waals surface area contributed by atoms with Gasteiger partial charge in [-0.25, -0.2) is 4.98 Å². The number of benzene rings is 2. The predicted octanol–water partition coefficient (Wildman–Crippen LogP) is 3.11. The number of aliphatic hydroxyl groups is 1. The summed E-state index contributed by atoms with van der Waals surface area (Å²) in [6, 6.07) is 10.4. The molecule has 3 amide bonds. The summed E-state index contributed by atoms with van der Waals surface area (Å²) in [5.41, 5.74) is 5.68. The number of aliphatic hydroxyl groups excluding tert-OH is 1. The molecule has 0 aliphatic carbocycles. The number of nitrogens with one attached hydrogen (secondary N) is 2. The molecule has 1 saturated heterocycles. The van der Waals surface area contributed by atoms with E-state index in [2.05, 4.69) is 15.6 Å². The Morgan fingerprint density at radius 3 is 2.05 bits per heavy atom. The molecule has 59 heavy (non-hydrogen) atoms. The molecule has 1 aliphatic rings. The van der Waals surface area contributed by atoms with Gasteiger partial charge in [-0.1, -0.05) is 51.1 Å². The second kappa shape index (κ2) is 23.2. The summed E-state index contributed by atoms with van der Waals surface area (Å²) >= 11 is 1.57. The van der Waals surface area contributed by atoms with Crippen LogP contribution in [0.5, 0.6) is 0 Å². The van der Waals surface area contributed by atoms with Gasteiger partial charge in [0.25, 0.3) is 10.1 Å². The molecular weight excluding hydrogens is 805 g/mol. The molecule has 0 spiro atoms. The number of nitrogens with zero attached hydrogens (tertiary/aromatic N) is 2. The molecule has 1 aromatic heterocycles.